The number of fused-ring (bicyclic) bond motifs is 1. The molecule has 0 aliphatic carbocycles. The van der Waals surface area contributed by atoms with Crippen LogP contribution in [0.5, 0.6) is 5.75 Å². The zero-order valence-electron chi connectivity index (χ0n) is 25.2. The van der Waals surface area contributed by atoms with E-state index in [9.17, 15) is 19.3 Å². The molecule has 45 heavy (non-hydrogen) atoms. The van der Waals surface area contributed by atoms with Crippen LogP contribution in [0.3, 0.4) is 0 Å². The second-order valence-corrected chi connectivity index (χ2v) is 12.0. The van der Waals surface area contributed by atoms with Crippen LogP contribution in [-0.4, -0.2) is 80.3 Å². The minimum absolute atomic E-state index is 0.0236. The summed E-state index contributed by atoms with van der Waals surface area (Å²) in [6, 6.07) is 5.32. The molecule has 16 nitrogen and oxygen atoms in total. The Hall–Kier alpha value is -3.89. The lowest BCUT2D eigenvalue weighted by Crippen LogP contribution is -2.41. The topological polar surface area (TPSA) is 225 Å². The van der Waals surface area contributed by atoms with Gasteiger partial charge in [0, 0.05) is 6.42 Å². The molecule has 4 rings (SSSR count). The molecule has 1 fully saturated rings. The van der Waals surface area contributed by atoms with Crippen molar-refractivity contribution in [2.24, 2.45) is 0 Å². The number of nitrogens with one attached hydrogen (secondary N) is 1. The maximum absolute atomic E-state index is 16.0. The van der Waals surface area contributed by atoms with Crippen molar-refractivity contribution in [1.82, 2.24) is 24.6 Å². The number of aliphatic hydroxyl groups excluding tert-OH is 1. The molecular formula is C27H37FN7O9P. The van der Waals surface area contributed by atoms with Gasteiger partial charge in [-0.25, -0.2) is 13.9 Å². The van der Waals surface area contributed by atoms with E-state index in [-0.39, 0.29) is 54.7 Å². The highest BCUT2D eigenvalue weighted by Gasteiger charge is 2.56. The van der Waals surface area contributed by atoms with E-state index in [0.29, 0.717) is 5.56 Å². The highest BCUT2D eigenvalue weighted by Crippen LogP contribution is 2.48. The molecule has 1 aromatic carbocycles. The fraction of sp³-hybridized carbons (Fsp3) is 0.519. The van der Waals surface area contributed by atoms with Gasteiger partial charge >= 0.3 is 19.7 Å². The molecule has 3 unspecified atom stereocenters. The van der Waals surface area contributed by atoms with Gasteiger partial charge in [0.2, 0.25) is 5.95 Å². The Bertz CT molecular complexity index is 1570. The predicted molar refractivity (Wildman–Crippen MR) is 158 cm³/mol. The summed E-state index contributed by atoms with van der Waals surface area (Å²) in [5.41, 5.74) is 9.88. The summed E-state index contributed by atoms with van der Waals surface area (Å²) >= 11 is 0. The van der Waals surface area contributed by atoms with Crippen LogP contribution in [0.2, 0.25) is 0 Å². The van der Waals surface area contributed by atoms with Crippen molar-refractivity contribution < 1.29 is 46.9 Å². The first kappa shape index (κ1) is 34.0. The summed E-state index contributed by atoms with van der Waals surface area (Å²) in [5, 5.41) is 13.5. The highest BCUT2D eigenvalue weighted by molar-refractivity contribution is 7.52. The lowest BCUT2D eigenvalue weighted by atomic mass is 9.98. The molecule has 18 heteroatoms. The van der Waals surface area contributed by atoms with Crippen molar-refractivity contribution in [3.8, 4) is 5.75 Å². The number of aliphatic hydroxyl groups is 1. The van der Waals surface area contributed by atoms with Crippen LogP contribution in [0.1, 0.15) is 45.9 Å². The number of carbonyl (C=O) groups is 2. The molecule has 0 saturated carbocycles. The summed E-state index contributed by atoms with van der Waals surface area (Å²) < 4.78 is 58.7. The van der Waals surface area contributed by atoms with Gasteiger partial charge in [-0.1, -0.05) is 18.2 Å². The van der Waals surface area contributed by atoms with E-state index in [1.807, 2.05) is 0 Å². The number of hydrogen-bond acceptors (Lipinski definition) is 14. The number of ether oxygens (including phenoxy) is 3. The fourth-order valence-corrected chi connectivity index (χ4v) is 6.24. The van der Waals surface area contributed by atoms with Gasteiger partial charge < -0.3 is 35.3 Å². The van der Waals surface area contributed by atoms with Crippen LogP contribution in [-0.2, 0) is 39.3 Å². The molecule has 0 spiro atoms. The van der Waals surface area contributed by atoms with Crippen LogP contribution in [0.4, 0.5) is 16.2 Å². The van der Waals surface area contributed by atoms with Crippen LogP contribution >= 0.6 is 7.75 Å². The summed E-state index contributed by atoms with van der Waals surface area (Å²) in [7, 11) is -4.47. The number of benzene rings is 1. The zero-order valence-corrected chi connectivity index (χ0v) is 26.1. The Morgan fingerprint density at radius 2 is 1.93 bits per heavy atom. The summed E-state index contributed by atoms with van der Waals surface area (Å²) in [4.78, 5) is 36.4. The minimum atomic E-state index is -4.47. The normalized spacial score (nSPS) is 23.4. The average Bonchev–Trinajstić information content (AvgIpc) is 3.49. The first-order chi connectivity index (χ1) is 21.3. The van der Waals surface area contributed by atoms with Crippen molar-refractivity contribution in [1.29, 1.82) is 0 Å². The largest absolute Gasteiger partial charge is 0.466 e. The Morgan fingerprint density at radius 1 is 1.22 bits per heavy atom. The lowest BCUT2D eigenvalue weighted by Gasteiger charge is -2.26. The molecular weight excluding hydrogens is 616 g/mol. The number of halogens is 1. The molecule has 2 aromatic heterocycles. The molecule has 246 valence electrons. The van der Waals surface area contributed by atoms with E-state index in [0.717, 1.165) is 6.92 Å². The first-order valence-corrected chi connectivity index (χ1v) is 15.7. The third-order valence-corrected chi connectivity index (χ3v) is 8.56. The van der Waals surface area contributed by atoms with Gasteiger partial charge in [0.1, 0.15) is 29.5 Å². The highest BCUT2D eigenvalue weighted by atomic mass is 31.2. The predicted octanol–water partition coefficient (Wildman–Crippen LogP) is 2.22. The van der Waals surface area contributed by atoms with E-state index in [2.05, 4.69) is 20.0 Å². The molecule has 0 radical (unpaired) electrons. The number of anilines is 2. The smallest absolute Gasteiger partial charge is 0.459 e. The van der Waals surface area contributed by atoms with Gasteiger partial charge in [0.15, 0.2) is 23.4 Å². The third-order valence-electron chi connectivity index (χ3n) is 6.93. The SMILES string of the molecule is CCOC(=O)CCc1ccccc1OP(=O)(N[C@@H](C)C(=O)OCC)OC[C@H]1O[C@@H](n2cnc3c(N)nc(N)nc32)C(C)(F)C1O. The lowest BCUT2D eigenvalue weighted by molar-refractivity contribution is -0.145. The van der Waals surface area contributed by atoms with Crippen molar-refractivity contribution >= 4 is 42.6 Å². The third kappa shape index (κ3) is 7.68. The van der Waals surface area contributed by atoms with E-state index in [1.54, 1.807) is 32.0 Å². The number of rotatable bonds is 14. The van der Waals surface area contributed by atoms with Crippen LogP contribution in [0, 0.1) is 0 Å². The van der Waals surface area contributed by atoms with E-state index >= 15 is 4.39 Å². The van der Waals surface area contributed by atoms with Gasteiger partial charge in [-0.2, -0.15) is 15.1 Å². The Balaban J connectivity index is 1.57. The maximum atomic E-state index is 16.0. The van der Waals surface area contributed by atoms with Crippen LogP contribution < -0.4 is 21.1 Å². The Morgan fingerprint density at radius 3 is 2.64 bits per heavy atom. The Labute approximate surface area is 258 Å². The number of para-hydroxylation sites is 1. The number of nitrogens with zero attached hydrogens (tertiary/aromatic N) is 4. The molecule has 3 heterocycles. The molecule has 6 N–H and O–H groups in total. The van der Waals surface area contributed by atoms with Gasteiger partial charge in [-0.15, -0.1) is 0 Å². The molecule has 1 aliphatic rings. The molecule has 0 bridgehead atoms. The van der Waals surface area contributed by atoms with Crippen molar-refractivity contribution in [3.05, 3.63) is 36.2 Å². The van der Waals surface area contributed by atoms with Crippen LogP contribution in [0.15, 0.2) is 30.6 Å². The van der Waals surface area contributed by atoms with E-state index < -0.39 is 56.4 Å². The molecule has 1 saturated heterocycles. The second-order valence-electron chi connectivity index (χ2n) is 10.3. The van der Waals surface area contributed by atoms with Gasteiger partial charge in [0.25, 0.3) is 0 Å². The maximum Gasteiger partial charge on any atom is 0.459 e. The fourth-order valence-electron chi connectivity index (χ4n) is 4.70. The van der Waals surface area contributed by atoms with Crippen molar-refractivity contribution in [3.63, 3.8) is 0 Å². The number of hydrogen-bond donors (Lipinski definition) is 4. The summed E-state index contributed by atoms with van der Waals surface area (Å²) in [6.45, 7) is 5.44. The van der Waals surface area contributed by atoms with Crippen LogP contribution in [0.25, 0.3) is 11.2 Å². The Kier molecular flexibility index (Phi) is 10.6. The second kappa shape index (κ2) is 14.0. The number of imidazole rings is 1. The molecule has 1 aliphatic heterocycles. The van der Waals surface area contributed by atoms with Gasteiger partial charge in [-0.05, 0) is 45.7 Å². The van der Waals surface area contributed by atoms with Gasteiger partial charge in [0.05, 0.1) is 26.1 Å². The number of nitrogens with two attached hydrogens (primary N) is 2. The first-order valence-electron chi connectivity index (χ1n) is 14.2. The number of aryl methyl sites for hydroxylation is 1. The van der Waals surface area contributed by atoms with E-state index in [1.165, 1.54) is 23.9 Å². The van der Waals surface area contributed by atoms with Gasteiger partial charge in [-0.3, -0.25) is 18.7 Å². The molecule has 3 aromatic rings. The number of carbonyl (C=O) groups excluding carboxylic acids is 2. The standard InChI is InChI=1S/C27H37FN7O9P/c1-5-40-19(36)12-11-16-9-7-8-10-17(16)44-45(39,34-15(3)24(38)41-6-2)42-13-18-21(37)27(4,28)25(43-18)35-14-31-20-22(29)32-26(30)33-23(20)35/h7-10,14-15,18,21,25,37H,5-6,11-13H2,1-4H3,(H,34,39)(H4,29,30,32,33)/t15-,18+,21?,25+,27?,45?/m0/s1. The quantitative estimate of drug-likeness (QED) is 0.145. The minimum Gasteiger partial charge on any atom is -0.466 e. The van der Waals surface area contributed by atoms with E-state index in [4.69, 9.17) is 34.7 Å². The number of nitrogen functional groups attached to an aromatic ring is 2. The van der Waals surface area contributed by atoms with Crippen molar-refractivity contribution in [2.45, 2.75) is 70.7 Å². The zero-order chi connectivity index (χ0) is 32.9. The van der Waals surface area contributed by atoms with Crippen molar-refractivity contribution in [2.75, 3.05) is 31.3 Å². The molecule has 0 amide bonds. The monoisotopic (exact) mass is 653 g/mol. The number of esters is 2. The number of alkyl halides is 1. The summed E-state index contributed by atoms with van der Waals surface area (Å²) in [6.07, 6.45) is -3.21. The number of aromatic nitrogens is 4. The average molecular weight is 654 g/mol. The molecule has 6 atom stereocenters. The summed E-state index contributed by atoms with van der Waals surface area (Å²) in [5.74, 6) is -1.28.